The topological polar surface area (TPSA) is 76.4 Å². The Bertz CT molecular complexity index is 971. The maximum atomic E-state index is 12.1. The summed E-state index contributed by atoms with van der Waals surface area (Å²) in [5, 5.41) is 14.5. The van der Waals surface area contributed by atoms with E-state index in [0.717, 1.165) is 17.1 Å². The van der Waals surface area contributed by atoms with Gasteiger partial charge >= 0.3 is 6.18 Å². The first-order valence-electron chi connectivity index (χ1n) is 9.56. The number of hydrogen-bond acceptors (Lipinski definition) is 4. The first-order chi connectivity index (χ1) is 14.9. The fourth-order valence-corrected chi connectivity index (χ4v) is 2.79. The number of ether oxygens (including phenoxy) is 1. The Hall–Kier alpha value is -3.40. The van der Waals surface area contributed by atoms with Crippen LogP contribution < -0.4 is 10.6 Å². The quantitative estimate of drug-likeness (QED) is 0.422. The van der Waals surface area contributed by atoms with Crippen LogP contribution in [0.4, 0.5) is 13.2 Å². The molecule has 0 unspecified atom stereocenters. The van der Waals surface area contributed by atoms with Crippen molar-refractivity contribution in [3.05, 3.63) is 77.9 Å². The number of nitrogens with one attached hydrogen (secondary N) is 2. The SMILES string of the molecule is CN=C(NCc1ccc(COCC(F)(F)F)cc1)NCc1nncn1-c1ccccc1. The first kappa shape index (κ1) is 22.3. The van der Waals surface area contributed by atoms with Gasteiger partial charge in [-0.05, 0) is 23.3 Å². The molecule has 2 aromatic carbocycles. The molecule has 1 heterocycles. The Morgan fingerprint density at radius 1 is 1.00 bits per heavy atom. The van der Waals surface area contributed by atoms with Crippen molar-refractivity contribution in [1.82, 2.24) is 25.4 Å². The number of aromatic nitrogens is 3. The lowest BCUT2D eigenvalue weighted by Gasteiger charge is -2.13. The fraction of sp³-hybridized carbons (Fsp3) is 0.286. The van der Waals surface area contributed by atoms with E-state index in [0.29, 0.717) is 24.6 Å². The van der Waals surface area contributed by atoms with Crippen LogP contribution in [0.2, 0.25) is 0 Å². The monoisotopic (exact) mass is 432 g/mol. The molecule has 0 radical (unpaired) electrons. The van der Waals surface area contributed by atoms with Gasteiger partial charge in [0.1, 0.15) is 12.9 Å². The van der Waals surface area contributed by atoms with Crippen molar-refractivity contribution in [2.24, 2.45) is 4.99 Å². The Morgan fingerprint density at radius 2 is 1.68 bits per heavy atom. The maximum Gasteiger partial charge on any atom is 0.411 e. The van der Waals surface area contributed by atoms with E-state index in [2.05, 4.69) is 30.6 Å². The zero-order valence-electron chi connectivity index (χ0n) is 16.9. The molecule has 10 heteroatoms. The Kier molecular flexibility index (Phi) is 7.60. The highest BCUT2D eigenvalue weighted by molar-refractivity contribution is 5.79. The van der Waals surface area contributed by atoms with Crippen molar-refractivity contribution in [2.45, 2.75) is 25.9 Å². The maximum absolute atomic E-state index is 12.1. The smallest absolute Gasteiger partial charge is 0.367 e. The van der Waals surface area contributed by atoms with Gasteiger partial charge in [0.15, 0.2) is 11.8 Å². The molecule has 7 nitrogen and oxygen atoms in total. The third-order valence-corrected chi connectivity index (χ3v) is 4.31. The summed E-state index contributed by atoms with van der Waals surface area (Å²) in [7, 11) is 1.67. The molecule has 0 saturated carbocycles. The minimum absolute atomic E-state index is 0.0848. The summed E-state index contributed by atoms with van der Waals surface area (Å²) in [6.07, 6.45) is -2.66. The van der Waals surface area contributed by atoms with Crippen molar-refractivity contribution in [2.75, 3.05) is 13.7 Å². The average molecular weight is 432 g/mol. The number of guanidine groups is 1. The van der Waals surface area contributed by atoms with E-state index in [9.17, 15) is 13.2 Å². The molecule has 0 aliphatic rings. The van der Waals surface area contributed by atoms with E-state index >= 15 is 0 Å². The second-order valence-corrected chi connectivity index (χ2v) is 6.66. The van der Waals surface area contributed by atoms with Crippen molar-refractivity contribution in [1.29, 1.82) is 0 Å². The summed E-state index contributed by atoms with van der Waals surface area (Å²) >= 11 is 0. The summed E-state index contributed by atoms with van der Waals surface area (Å²) in [6.45, 7) is -0.423. The zero-order chi connectivity index (χ0) is 22.1. The standard InChI is InChI=1S/C21H23F3N6O/c1-25-20(27-12-19-29-28-15-30(19)18-5-3-2-4-6-18)26-11-16-7-9-17(10-8-16)13-31-14-21(22,23)24/h2-10,15H,11-14H2,1H3,(H2,25,26,27). The number of benzene rings is 2. The van der Waals surface area contributed by atoms with Gasteiger partial charge in [0.25, 0.3) is 0 Å². The molecule has 0 bridgehead atoms. The first-order valence-corrected chi connectivity index (χ1v) is 9.56. The van der Waals surface area contributed by atoms with Crippen LogP contribution in [0.5, 0.6) is 0 Å². The fourth-order valence-electron chi connectivity index (χ4n) is 2.79. The second-order valence-electron chi connectivity index (χ2n) is 6.66. The third-order valence-electron chi connectivity index (χ3n) is 4.31. The van der Waals surface area contributed by atoms with E-state index in [4.69, 9.17) is 0 Å². The van der Waals surface area contributed by atoms with Crippen LogP contribution >= 0.6 is 0 Å². The lowest BCUT2D eigenvalue weighted by atomic mass is 10.1. The number of hydrogen-bond donors (Lipinski definition) is 2. The van der Waals surface area contributed by atoms with Crippen molar-refractivity contribution >= 4 is 5.96 Å². The van der Waals surface area contributed by atoms with Gasteiger partial charge in [-0.2, -0.15) is 13.2 Å². The molecule has 2 N–H and O–H groups in total. The molecule has 31 heavy (non-hydrogen) atoms. The van der Waals surface area contributed by atoms with E-state index < -0.39 is 12.8 Å². The summed E-state index contributed by atoms with van der Waals surface area (Å²) in [5.41, 5.74) is 2.59. The molecule has 3 rings (SSSR count). The second kappa shape index (κ2) is 10.6. The summed E-state index contributed by atoms with van der Waals surface area (Å²) in [4.78, 5) is 4.20. The van der Waals surface area contributed by atoms with Crippen LogP contribution in [0.1, 0.15) is 17.0 Å². The highest BCUT2D eigenvalue weighted by Gasteiger charge is 2.27. The van der Waals surface area contributed by atoms with Crippen LogP contribution in [-0.2, 0) is 24.4 Å². The van der Waals surface area contributed by atoms with Gasteiger partial charge in [0.05, 0.1) is 13.2 Å². The van der Waals surface area contributed by atoms with Gasteiger partial charge in [0, 0.05) is 19.3 Å². The van der Waals surface area contributed by atoms with Gasteiger partial charge in [-0.15, -0.1) is 10.2 Å². The molecular formula is C21H23F3N6O. The Labute approximate surface area is 178 Å². The van der Waals surface area contributed by atoms with Crippen LogP contribution in [0.3, 0.4) is 0 Å². The van der Waals surface area contributed by atoms with Crippen LogP contribution in [-0.4, -0.2) is 40.6 Å². The average Bonchev–Trinajstić information content (AvgIpc) is 3.23. The molecular weight excluding hydrogens is 409 g/mol. The van der Waals surface area contributed by atoms with Crippen LogP contribution in [0.25, 0.3) is 5.69 Å². The molecule has 0 atom stereocenters. The molecule has 0 aliphatic heterocycles. The minimum atomic E-state index is -4.32. The van der Waals surface area contributed by atoms with Gasteiger partial charge in [-0.25, -0.2) is 0 Å². The van der Waals surface area contributed by atoms with Crippen LogP contribution in [0, 0.1) is 0 Å². The Balaban J connectivity index is 1.48. The van der Waals surface area contributed by atoms with Gasteiger partial charge in [0.2, 0.25) is 0 Å². The molecule has 164 valence electrons. The van der Waals surface area contributed by atoms with E-state index in [1.165, 1.54) is 0 Å². The van der Waals surface area contributed by atoms with Crippen molar-refractivity contribution in [3.8, 4) is 5.69 Å². The Morgan fingerprint density at radius 3 is 2.35 bits per heavy atom. The predicted molar refractivity (Wildman–Crippen MR) is 111 cm³/mol. The molecule has 3 aromatic rings. The predicted octanol–water partition coefficient (Wildman–Crippen LogP) is 3.21. The normalized spacial score (nSPS) is 12.1. The highest BCUT2D eigenvalue weighted by Crippen LogP contribution is 2.16. The molecule has 0 amide bonds. The molecule has 1 aromatic heterocycles. The minimum Gasteiger partial charge on any atom is -0.367 e. The lowest BCUT2D eigenvalue weighted by molar-refractivity contribution is -0.176. The van der Waals surface area contributed by atoms with Crippen molar-refractivity contribution in [3.63, 3.8) is 0 Å². The number of nitrogens with zero attached hydrogens (tertiary/aromatic N) is 4. The molecule has 0 aliphatic carbocycles. The van der Waals surface area contributed by atoms with Gasteiger partial charge < -0.3 is 15.4 Å². The van der Waals surface area contributed by atoms with Crippen LogP contribution in [0.15, 0.2) is 65.9 Å². The van der Waals surface area contributed by atoms with Gasteiger partial charge in [-0.3, -0.25) is 9.56 Å². The zero-order valence-corrected chi connectivity index (χ0v) is 16.9. The largest absolute Gasteiger partial charge is 0.411 e. The van der Waals surface area contributed by atoms with E-state index in [-0.39, 0.29) is 6.61 Å². The summed E-state index contributed by atoms with van der Waals surface area (Å²) in [6, 6.07) is 16.9. The number of rotatable bonds is 8. The third kappa shape index (κ3) is 7.10. The van der Waals surface area contributed by atoms with E-state index in [1.54, 1.807) is 25.5 Å². The number of alkyl halides is 3. The van der Waals surface area contributed by atoms with E-state index in [1.807, 2.05) is 47.0 Å². The highest BCUT2D eigenvalue weighted by atomic mass is 19.4. The number of aliphatic imine (C=N–C) groups is 1. The van der Waals surface area contributed by atoms with Gasteiger partial charge in [-0.1, -0.05) is 42.5 Å². The summed E-state index contributed by atoms with van der Waals surface area (Å²) < 4.78 is 43.0. The number of para-hydroxylation sites is 1. The number of halogens is 3. The molecule has 0 saturated heterocycles. The molecule has 0 spiro atoms. The summed E-state index contributed by atoms with van der Waals surface area (Å²) in [5.74, 6) is 1.32. The molecule has 0 fully saturated rings. The lowest BCUT2D eigenvalue weighted by Crippen LogP contribution is -2.36. The van der Waals surface area contributed by atoms with Crippen molar-refractivity contribution < 1.29 is 17.9 Å².